The number of phenolic OH excluding ortho intramolecular Hbond substituents is 1. The van der Waals surface area contributed by atoms with Crippen LogP contribution in [0.1, 0.15) is 25.0 Å². The van der Waals surface area contributed by atoms with Gasteiger partial charge in [-0.25, -0.2) is 4.79 Å². The third kappa shape index (κ3) is 7.29. The number of rotatable bonds is 9. The van der Waals surface area contributed by atoms with Gasteiger partial charge in [-0.3, -0.25) is 4.79 Å². The molecule has 0 spiro atoms. The molecular weight excluding hydrogens is 372 g/mol. The molecule has 2 aromatic rings. The van der Waals surface area contributed by atoms with Crippen molar-refractivity contribution in [3.05, 3.63) is 65.7 Å². The van der Waals surface area contributed by atoms with Crippen LogP contribution in [0.3, 0.4) is 0 Å². The molecule has 29 heavy (non-hydrogen) atoms. The average molecular weight is 398 g/mol. The van der Waals surface area contributed by atoms with E-state index in [2.05, 4.69) is 10.6 Å². The van der Waals surface area contributed by atoms with Crippen molar-refractivity contribution in [3.63, 3.8) is 0 Å². The van der Waals surface area contributed by atoms with Gasteiger partial charge in [0.15, 0.2) is 0 Å². The molecule has 7 nitrogen and oxygen atoms in total. The molecule has 0 radical (unpaired) electrons. The zero-order valence-corrected chi connectivity index (χ0v) is 16.5. The van der Waals surface area contributed by atoms with Crippen LogP contribution in [0.25, 0.3) is 0 Å². The largest absolute Gasteiger partial charge is 0.508 e. The maximum absolute atomic E-state index is 12.6. The number of phenols is 1. The molecule has 7 heteroatoms. The van der Waals surface area contributed by atoms with Crippen LogP contribution in [0.15, 0.2) is 54.6 Å². The van der Waals surface area contributed by atoms with E-state index in [-0.39, 0.29) is 24.7 Å². The summed E-state index contributed by atoms with van der Waals surface area (Å²) in [7, 11) is 0. The van der Waals surface area contributed by atoms with Gasteiger partial charge in [-0.15, -0.1) is 0 Å². The van der Waals surface area contributed by atoms with Crippen LogP contribution < -0.4 is 10.6 Å². The minimum Gasteiger partial charge on any atom is -0.508 e. The molecule has 0 saturated heterocycles. The summed E-state index contributed by atoms with van der Waals surface area (Å²) >= 11 is 0. The van der Waals surface area contributed by atoms with Gasteiger partial charge in [0.2, 0.25) is 5.91 Å². The molecule has 0 aliphatic heterocycles. The van der Waals surface area contributed by atoms with Gasteiger partial charge in [0.25, 0.3) is 0 Å². The third-order valence-corrected chi connectivity index (χ3v) is 4.32. The fourth-order valence-corrected chi connectivity index (χ4v) is 2.72. The van der Waals surface area contributed by atoms with E-state index in [1.165, 1.54) is 12.1 Å². The van der Waals surface area contributed by atoms with E-state index >= 15 is 0 Å². The zero-order valence-electron chi connectivity index (χ0n) is 16.5. The summed E-state index contributed by atoms with van der Waals surface area (Å²) in [4.78, 5) is 36.1. The highest BCUT2D eigenvalue weighted by Crippen LogP contribution is 2.11. The van der Waals surface area contributed by atoms with E-state index in [4.69, 9.17) is 4.74 Å². The van der Waals surface area contributed by atoms with Gasteiger partial charge < -0.3 is 25.3 Å². The van der Waals surface area contributed by atoms with Crippen molar-refractivity contribution in [1.29, 1.82) is 0 Å². The van der Waals surface area contributed by atoms with Gasteiger partial charge in [0.05, 0.1) is 6.04 Å². The first kappa shape index (κ1) is 21.9. The number of benzene rings is 2. The monoisotopic (exact) mass is 398 g/mol. The Balaban J connectivity index is 1.91. The Labute approximate surface area is 170 Å². The summed E-state index contributed by atoms with van der Waals surface area (Å²) in [5.41, 5.74) is 1.62. The number of hydrogen-bond donors (Lipinski definition) is 3. The zero-order chi connectivity index (χ0) is 21.2. The van der Waals surface area contributed by atoms with Gasteiger partial charge in [0.1, 0.15) is 24.7 Å². The molecule has 0 aliphatic rings. The topological polar surface area (TPSA) is 105 Å². The van der Waals surface area contributed by atoms with E-state index in [9.17, 15) is 19.5 Å². The maximum Gasteiger partial charge on any atom is 0.408 e. The quantitative estimate of drug-likeness (QED) is 0.563. The number of aromatic hydroxyl groups is 1. The van der Waals surface area contributed by atoms with Crippen LogP contribution in [0.5, 0.6) is 5.75 Å². The summed E-state index contributed by atoms with van der Waals surface area (Å²) in [6.45, 7) is 3.67. The lowest BCUT2D eigenvalue weighted by Crippen LogP contribution is -2.52. The van der Waals surface area contributed by atoms with E-state index in [0.29, 0.717) is 6.29 Å². The van der Waals surface area contributed by atoms with E-state index in [1.54, 1.807) is 26.0 Å². The molecule has 0 fully saturated rings. The predicted molar refractivity (Wildman–Crippen MR) is 108 cm³/mol. The SMILES string of the molecule is CC(C)[C@H](NC(=O)OCc1ccccc1)C(=O)N[C@H](C=O)Cc1ccc(O)cc1. The Kier molecular flexibility index (Phi) is 8.21. The maximum atomic E-state index is 12.6. The number of nitrogens with one attached hydrogen (secondary N) is 2. The minimum atomic E-state index is -0.847. The molecule has 0 heterocycles. The normalized spacial score (nSPS) is 12.7. The molecule has 2 atom stereocenters. The average Bonchev–Trinajstić information content (AvgIpc) is 2.72. The lowest BCUT2D eigenvalue weighted by atomic mass is 10.0. The highest BCUT2D eigenvalue weighted by Gasteiger charge is 2.26. The summed E-state index contributed by atoms with van der Waals surface area (Å²) in [5, 5.41) is 14.6. The fraction of sp³-hybridized carbons (Fsp3) is 0.318. The number of carbonyl (C=O) groups excluding carboxylic acids is 3. The van der Waals surface area contributed by atoms with Crippen LogP contribution in [-0.4, -0.2) is 35.5 Å². The highest BCUT2D eigenvalue weighted by molar-refractivity contribution is 5.87. The first-order chi connectivity index (χ1) is 13.9. The van der Waals surface area contributed by atoms with Crippen LogP contribution in [-0.2, 0) is 27.4 Å². The predicted octanol–water partition coefficient (Wildman–Crippen LogP) is 2.57. The van der Waals surface area contributed by atoms with Gasteiger partial charge in [0, 0.05) is 0 Å². The van der Waals surface area contributed by atoms with Gasteiger partial charge in [-0.05, 0) is 35.6 Å². The van der Waals surface area contributed by atoms with Crippen molar-refractivity contribution in [1.82, 2.24) is 10.6 Å². The second-order valence-corrected chi connectivity index (χ2v) is 7.05. The Bertz CT molecular complexity index is 806. The van der Waals surface area contributed by atoms with Gasteiger partial charge in [-0.1, -0.05) is 56.3 Å². The summed E-state index contributed by atoms with van der Waals surface area (Å²) in [5.74, 6) is -0.550. The molecule has 0 saturated carbocycles. The number of hydrogen-bond acceptors (Lipinski definition) is 5. The number of amides is 2. The van der Waals surface area contributed by atoms with Crippen molar-refractivity contribution in [2.24, 2.45) is 5.92 Å². The number of carbonyl (C=O) groups is 3. The summed E-state index contributed by atoms with van der Waals surface area (Å²) in [6.07, 6.45) is 0.221. The molecule has 2 amide bonds. The Morgan fingerprint density at radius 1 is 1.00 bits per heavy atom. The molecule has 0 bridgehead atoms. The van der Waals surface area contributed by atoms with Crippen LogP contribution in [0, 0.1) is 5.92 Å². The summed E-state index contributed by atoms with van der Waals surface area (Å²) < 4.78 is 5.17. The van der Waals surface area contributed by atoms with E-state index < -0.39 is 24.1 Å². The molecule has 2 aromatic carbocycles. The third-order valence-electron chi connectivity index (χ3n) is 4.32. The Morgan fingerprint density at radius 3 is 2.24 bits per heavy atom. The Morgan fingerprint density at radius 2 is 1.66 bits per heavy atom. The molecular formula is C22H26N2O5. The molecule has 0 aromatic heterocycles. The number of aldehydes is 1. The first-order valence-electron chi connectivity index (χ1n) is 9.40. The first-order valence-corrected chi connectivity index (χ1v) is 9.40. The molecule has 154 valence electrons. The smallest absolute Gasteiger partial charge is 0.408 e. The van der Waals surface area contributed by atoms with Crippen LogP contribution in [0.4, 0.5) is 4.79 Å². The van der Waals surface area contributed by atoms with Crippen molar-refractivity contribution in [2.75, 3.05) is 0 Å². The number of ether oxygens (including phenoxy) is 1. The van der Waals surface area contributed by atoms with E-state index in [1.807, 2.05) is 30.3 Å². The van der Waals surface area contributed by atoms with Crippen molar-refractivity contribution in [3.8, 4) is 5.75 Å². The minimum absolute atomic E-state index is 0.0942. The molecule has 3 N–H and O–H groups in total. The van der Waals surface area contributed by atoms with Gasteiger partial charge in [-0.2, -0.15) is 0 Å². The lowest BCUT2D eigenvalue weighted by Gasteiger charge is -2.23. The molecule has 2 rings (SSSR count). The van der Waals surface area contributed by atoms with Crippen molar-refractivity contribution in [2.45, 2.75) is 39.0 Å². The molecule has 0 unspecified atom stereocenters. The summed E-state index contributed by atoms with van der Waals surface area (Å²) in [6, 6.07) is 14.0. The second kappa shape index (κ2) is 10.8. The lowest BCUT2D eigenvalue weighted by molar-refractivity contribution is -0.126. The standard InChI is InChI=1S/C22H26N2O5/c1-15(2)20(24-22(28)29-14-17-6-4-3-5-7-17)21(27)23-18(13-25)12-16-8-10-19(26)11-9-16/h3-11,13,15,18,20,26H,12,14H2,1-2H3,(H,23,27)(H,24,28)/t18-,20-/m0/s1. The van der Waals surface area contributed by atoms with Crippen molar-refractivity contribution >= 4 is 18.3 Å². The van der Waals surface area contributed by atoms with E-state index in [0.717, 1.165) is 11.1 Å². The number of alkyl carbamates (subject to hydrolysis) is 1. The van der Waals surface area contributed by atoms with Crippen LogP contribution in [0.2, 0.25) is 0 Å². The van der Waals surface area contributed by atoms with Crippen molar-refractivity contribution < 1.29 is 24.2 Å². The van der Waals surface area contributed by atoms with Crippen LogP contribution >= 0.6 is 0 Å². The Hall–Kier alpha value is -3.35. The highest BCUT2D eigenvalue weighted by atomic mass is 16.5. The fourth-order valence-electron chi connectivity index (χ4n) is 2.72. The molecule has 0 aliphatic carbocycles. The van der Waals surface area contributed by atoms with Gasteiger partial charge >= 0.3 is 6.09 Å². The second-order valence-electron chi connectivity index (χ2n) is 7.05.